The van der Waals surface area contributed by atoms with Gasteiger partial charge in [0.05, 0.1) is 18.7 Å². The Labute approximate surface area is 164 Å². The monoisotopic (exact) mass is 369 g/mol. The smallest absolute Gasteiger partial charge is 0.251 e. The quantitative estimate of drug-likeness (QED) is 0.449. The molecular formula is C25H23NO2. The van der Waals surface area contributed by atoms with Crippen molar-refractivity contribution in [2.24, 2.45) is 0 Å². The van der Waals surface area contributed by atoms with Crippen LogP contribution in [0.5, 0.6) is 5.75 Å². The first kappa shape index (κ1) is 18.1. The lowest BCUT2D eigenvalue weighted by molar-refractivity contribution is 0.317. The van der Waals surface area contributed by atoms with Gasteiger partial charge in [0.1, 0.15) is 5.75 Å². The molecule has 0 saturated heterocycles. The van der Waals surface area contributed by atoms with Gasteiger partial charge in [0.2, 0.25) is 0 Å². The molecule has 0 aliphatic heterocycles. The average Bonchev–Trinajstić information content (AvgIpc) is 2.75. The second kappa shape index (κ2) is 8.13. The lowest BCUT2D eigenvalue weighted by Crippen LogP contribution is -2.19. The lowest BCUT2D eigenvalue weighted by Gasteiger charge is -2.12. The molecule has 0 aliphatic carbocycles. The van der Waals surface area contributed by atoms with Crippen LogP contribution >= 0.6 is 0 Å². The minimum atomic E-state index is 0.0130. The third-order valence-electron chi connectivity index (χ3n) is 4.81. The molecular weight excluding hydrogens is 346 g/mol. The average molecular weight is 369 g/mol. The Morgan fingerprint density at radius 1 is 0.821 bits per heavy atom. The first-order valence-corrected chi connectivity index (χ1v) is 9.65. The zero-order chi connectivity index (χ0) is 19.3. The summed E-state index contributed by atoms with van der Waals surface area (Å²) < 4.78 is 7.59. The zero-order valence-corrected chi connectivity index (χ0v) is 16.0. The molecule has 0 saturated carbocycles. The molecule has 4 aromatic rings. The summed E-state index contributed by atoms with van der Waals surface area (Å²) in [6.45, 7) is 3.38. The van der Waals surface area contributed by atoms with E-state index in [1.807, 2.05) is 59.2 Å². The summed E-state index contributed by atoms with van der Waals surface area (Å²) in [5.41, 5.74) is 4.29. The molecule has 0 atom stereocenters. The molecule has 1 aromatic heterocycles. The van der Waals surface area contributed by atoms with Crippen LogP contribution in [0, 0.1) is 0 Å². The fourth-order valence-electron chi connectivity index (χ4n) is 3.40. The summed E-state index contributed by atoms with van der Waals surface area (Å²) in [6, 6.07) is 28.0. The maximum absolute atomic E-state index is 12.5. The van der Waals surface area contributed by atoms with Crippen LogP contribution in [-0.2, 0) is 6.54 Å². The second-order valence-electron chi connectivity index (χ2n) is 6.89. The van der Waals surface area contributed by atoms with E-state index in [9.17, 15) is 4.79 Å². The number of aromatic nitrogens is 1. The van der Waals surface area contributed by atoms with Crippen molar-refractivity contribution in [3.63, 3.8) is 0 Å². The lowest BCUT2D eigenvalue weighted by atomic mass is 10.0. The summed E-state index contributed by atoms with van der Waals surface area (Å²) in [6.07, 6.45) is 0.985. The standard InChI is InChI=1S/C25H23NO2/c1-2-15-28-23-10-6-9-20(17-23)21-11-13-24-22(16-21)12-14-25(27)26(24)18-19-7-4-3-5-8-19/h3-14,16-17H,2,15,18H2,1H3. The summed E-state index contributed by atoms with van der Waals surface area (Å²) in [4.78, 5) is 12.5. The van der Waals surface area contributed by atoms with E-state index in [1.54, 1.807) is 6.07 Å². The van der Waals surface area contributed by atoms with Gasteiger partial charge in [-0.05, 0) is 58.8 Å². The van der Waals surface area contributed by atoms with Crippen LogP contribution in [0.2, 0.25) is 0 Å². The van der Waals surface area contributed by atoms with Crippen molar-refractivity contribution in [1.82, 2.24) is 4.57 Å². The van der Waals surface area contributed by atoms with Crippen molar-refractivity contribution in [1.29, 1.82) is 0 Å². The Hall–Kier alpha value is -3.33. The van der Waals surface area contributed by atoms with Gasteiger partial charge in [-0.2, -0.15) is 0 Å². The topological polar surface area (TPSA) is 31.2 Å². The highest BCUT2D eigenvalue weighted by Gasteiger charge is 2.07. The maximum Gasteiger partial charge on any atom is 0.251 e. The molecule has 1 heterocycles. The van der Waals surface area contributed by atoms with Gasteiger partial charge in [0.15, 0.2) is 0 Å². The second-order valence-corrected chi connectivity index (χ2v) is 6.89. The molecule has 0 N–H and O–H groups in total. The van der Waals surface area contributed by atoms with E-state index >= 15 is 0 Å². The third kappa shape index (κ3) is 3.84. The van der Waals surface area contributed by atoms with Gasteiger partial charge in [-0.15, -0.1) is 0 Å². The van der Waals surface area contributed by atoms with E-state index in [-0.39, 0.29) is 5.56 Å². The molecule has 140 valence electrons. The van der Waals surface area contributed by atoms with Crippen LogP contribution in [0.3, 0.4) is 0 Å². The van der Waals surface area contributed by atoms with E-state index in [0.29, 0.717) is 13.2 Å². The Bertz CT molecular complexity index is 1150. The fourth-order valence-corrected chi connectivity index (χ4v) is 3.40. The normalized spacial score (nSPS) is 10.9. The van der Waals surface area contributed by atoms with Crippen LogP contribution in [0.15, 0.2) is 89.7 Å². The van der Waals surface area contributed by atoms with E-state index in [0.717, 1.165) is 39.8 Å². The number of rotatable bonds is 6. The summed E-state index contributed by atoms with van der Waals surface area (Å²) in [7, 11) is 0. The van der Waals surface area contributed by atoms with E-state index in [1.165, 1.54) is 0 Å². The minimum absolute atomic E-state index is 0.0130. The summed E-state index contributed by atoms with van der Waals surface area (Å²) >= 11 is 0. The van der Waals surface area contributed by atoms with Crippen molar-refractivity contribution < 1.29 is 4.74 Å². The number of fused-ring (bicyclic) bond motifs is 1. The highest BCUT2D eigenvalue weighted by Crippen LogP contribution is 2.27. The first-order valence-electron chi connectivity index (χ1n) is 9.65. The van der Waals surface area contributed by atoms with Crippen LogP contribution in [0.1, 0.15) is 18.9 Å². The number of pyridine rings is 1. The Morgan fingerprint density at radius 2 is 1.64 bits per heavy atom. The number of nitrogens with zero attached hydrogens (tertiary/aromatic N) is 1. The maximum atomic E-state index is 12.5. The Balaban J connectivity index is 1.72. The zero-order valence-electron chi connectivity index (χ0n) is 16.0. The van der Waals surface area contributed by atoms with Crippen molar-refractivity contribution in [2.75, 3.05) is 6.61 Å². The molecule has 3 heteroatoms. The van der Waals surface area contributed by atoms with Crippen LogP contribution in [-0.4, -0.2) is 11.2 Å². The van der Waals surface area contributed by atoms with Gasteiger partial charge in [-0.25, -0.2) is 0 Å². The Kier molecular flexibility index (Phi) is 5.24. The molecule has 4 rings (SSSR count). The van der Waals surface area contributed by atoms with E-state index in [2.05, 4.69) is 31.2 Å². The molecule has 0 bridgehead atoms. The molecule has 0 fully saturated rings. The predicted octanol–water partition coefficient (Wildman–Crippen LogP) is 5.51. The van der Waals surface area contributed by atoms with Crippen molar-refractivity contribution in [3.8, 4) is 16.9 Å². The minimum Gasteiger partial charge on any atom is -0.494 e. The first-order chi connectivity index (χ1) is 13.7. The van der Waals surface area contributed by atoms with Crippen molar-refractivity contribution in [3.05, 3.63) is 101 Å². The third-order valence-corrected chi connectivity index (χ3v) is 4.81. The van der Waals surface area contributed by atoms with Gasteiger partial charge >= 0.3 is 0 Å². The molecule has 0 amide bonds. The molecule has 3 nitrogen and oxygen atoms in total. The van der Waals surface area contributed by atoms with E-state index in [4.69, 9.17) is 4.74 Å². The van der Waals surface area contributed by atoms with Gasteiger partial charge in [-0.1, -0.05) is 55.5 Å². The molecule has 28 heavy (non-hydrogen) atoms. The molecule has 0 aliphatic rings. The summed E-state index contributed by atoms with van der Waals surface area (Å²) in [5.74, 6) is 0.883. The number of ether oxygens (including phenoxy) is 1. The van der Waals surface area contributed by atoms with Crippen LogP contribution < -0.4 is 10.3 Å². The Morgan fingerprint density at radius 3 is 2.46 bits per heavy atom. The van der Waals surface area contributed by atoms with Crippen molar-refractivity contribution in [2.45, 2.75) is 19.9 Å². The SMILES string of the molecule is CCCOc1cccc(-c2ccc3c(ccc(=O)n3Cc3ccccc3)c2)c1. The molecule has 3 aromatic carbocycles. The van der Waals surface area contributed by atoms with Crippen LogP contribution in [0.4, 0.5) is 0 Å². The van der Waals surface area contributed by atoms with Crippen LogP contribution in [0.25, 0.3) is 22.0 Å². The molecule has 0 radical (unpaired) electrons. The van der Waals surface area contributed by atoms with Crippen molar-refractivity contribution >= 4 is 10.9 Å². The number of benzene rings is 3. The number of hydrogen-bond acceptors (Lipinski definition) is 2. The molecule has 0 unspecified atom stereocenters. The fraction of sp³-hybridized carbons (Fsp3) is 0.160. The summed E-state index contributed by atoms with van der Waals surface area (Å²) in [5, 5.41) is 1.05. The molecule has 0 spiro atoms. The highest BCUT2D eigenvalue weighted by molar-refractivity contribution is 5.85. The van der Waals surface area contributed by atoms with Gasteiger partial charge < -0.3 is 9.30 Å². The van der Waals surface area contributed by atoms with E-state index < -0.39 is 0 Å². The van der Waals surface area contributed by atoms with Gasteiger partial charge in [-0.3, -0.25) is 4.79 Å². The number of hydrogen-bond donors (Lipinski definition) is 0. The van der Waals surface area contributed by atoms with Gasteiger partial charge in [0, 0.05) is 6.07 Å². The predicted molar refractivity (Wildman–Crippen MR) is 115 cm³/mol. The van der Waals surface area contributed by atoms with Gasteiger partial charge in [0.25, 0.3) is 5.56 Å². The largest absolute Gasteiger partial charge is 0.494 e. The highest BCUT2D eigenvalue weighted by atomic mass is 16.5.